The second kappa shape index (κ2) is 9.04. The van der Waals surface area contributed by atoms with Crippen LogP contribution < -0.4 is 5.32 Å². The zero-order chi connectivity index (χ0) is 15.0. The van der Waals surface area contributed by atoms with Gasteiger partial charge < -0.3 is 10.2 Å². The minimum Gasteiger partial charge on any atom is -0.312 e. The van der Waals surface area contributed by atoms with Gasteiger partial charge in [0.25, 0.3) is 0 Å². The van der Waals surface area contributed by atoms with E-state index < -0.39 is 0 Å². The predicted molar refractivity (Wildman–Crippen MR) is 90.2 cm³/mol. The molecule has 1 aliphatic rings. The van der Waals surface area contributed by atoms with Gasteiger partial charge in [-0.1, -0.05) is 60.3 Å². The Kier molecular flexibility index (Phi) is 8.13. The Morgan fingerprint density at radius 3 is 2.45 bits per heavy atom. The van der Waals surface area contributed by atoms with Gasteiger partial charge in [-0.2, -0.15) is 0 Å². The summed E-state index contributed by atoms with van der Waals surface area (Å²) >= 11 is 0. The maximum Gasteiger partial charge on any atom is 0.0243 e. The molecule has 1 atom stereocenters. The Hall–Kier alpha value is -0.0800. The van der Waals surface area contributed by atoms with Gasteiger partial charge in [-0.05, 0) is 43.8 Å². The number of hydrogen-bond donors (Lipinski definition) is 1. The first kappa shape index (κ1) is 18.0. The summed E-state index contributed by atoms with van der Waals surface area (Å²) < 4.78 is 0. The van der Waals surface area contributed by atoms with Gasteiger partial charge in [-0.25, -0.2) is 0 Å². The molecule has 1 unspecified atom stereocenters. The van der Waals surface area contributed by atoms with Crippen molar-refractivity contribution in [3.63, 3.8) is 0 Å². The molecule has 1 heterocycles. The van der Waals surface area contributed by atoms with E-state index in [0.717, 1.165) is 5.92 Å². The molecule has 0 radical (unpaired) electrons. The third kappa shape index (κ3) is 7.64. The summed E-state index contributed by atoms with van der Waals surface area (Å²) in [5.74, 6) is 0.874. The molecule has 0 aromatic carbocycles. The fourth-order valence-electron chi connectivity index (χ4n) is 3.02. The second-order valence-electron chi connectivity index (χ2n) is 8.12. The van der Waals surface area contributed by atoms with Gasteiger partial charge in [0.2, 0.25) is 0 Å². The smallest absolute Gasteiger partial charge is 0.0243 e. The Morgan fingerprint density at radius 2 is 1.80 bits per heavy atom. The van der Waals surface area contributed by atoms with Crippen LogP contribution in [0.3, 0.4) is 0 Å². The van der Waals surface area contributed by atoms with Crippen molar-refractivity contribution in [2.24, 2.45) is 11.3 Å². The second-order valence-corrected chi connectivity index (χ2v) is 8.12. The van der Waals surface area contributed by atoms with E-state index in [1.807, 2.05) is 0 Å². The quantitative estimate of drug-likeness (QED) is 0.700. The maximum absolute atomic E-state index is 3.73. The SMILES string of the molecule is CC(C)CCCCCCN1CCCNC(C(C)(C)C)C1. The highest BCUT2D eigenvalue weighted by atomic mass is 15.2. The van der Waals surface area contributed by atoms with E-state index in [1.54, 1.807) is 0 Å². The van der Waals surface area contributed by atoms with Crippen molar-refractivity contribution >= 4 is 0 Å². The predicted octanol–water partition coefficient (Wildman–Crippen LogP) is 4.30. The van der Waals surface area contributed by atoms with Crippen molar-refractivity contribution < 1.29 is 0 Å². The van der Waals surface area contributed by atoms with Crippen LogP contribution in [-0.2, 0) is 0 Å². The third-order valence-electron chi connectivity index (χ3n) is 4.53. The van der Waals surface area contributed by atoms with Crippen LogP contribution in [0.1, 0.15) is 73.1 Å². The van der Waals surface area contributed by atoms with Crippen LogP contribution in [0.4, 0.5) is 0 Å². The first-order chi connectivity index (χ1) is 9.39. The van der Waals surface area contributed by atoms with E-state index in [0.29, 0.717) is 11.5 Å². The van der Waals surface area contributed by atoms with Crippen molar-refractivity contribution in [2.45, 2.75) is 79.2 Å². The fraction of sp³-hybridized carbons (Fsp3) is 1.00. The molecular formula is C18H38N2. The van der Waals surface area contributed by atoms with Gasteiger partial charge >= 0.3 is 0 Å². The number of rotatable bonds is 7. The molecule has 2 nitrogen and oxygen atoms in total. The summed E-state index contributed by atoms with van der Waals surface area (Å²) in [5.41, 5.74) is 0.375. The largest absolute Gasteiger partial charge is 0.312 e. The lowest BCUT2D eigenvalue weighted by Gasteiger charge is -2.33. The lowest BCUT2D eigenvalue weighted by Crippen LogP contribution is -2.46. The Morgan fingerprint density at radius 1 is 1.10 bits per heavy atom. The zero-order valence-corrected chi connectivity index (χ0v) is 14.7. The van der Waals surface area contributed by atoms with Crippen molar-refractivity contribution in [1.82, 2.24) is 10.2 Å². The van der Waals surface area contributed by atoms with E-state index in [1.165, 1.54) is 64.7 Å². The van der Waals surface area contributed by atoms with Gasteiger partial charge in [0.15, 0.2) is 0 Å². The average Bonchev–Trinajstić information content (AvgIpc) is 2.58. The van der Waals surface area contributed by atoms with Crippen LogP contribution in [0.25, 0.3) is 0 Å². The van der Waals surface area contributed by atoms with Crippen molar-refractivity contribution in [1.29, 1.82) is 0 Å². The molecule has 2 heteroatoms. The van der Waals surface area contributed by atoms with Crippen LogP contribution in [0.15, 0.2) is 0 Å². The molecule has 0 spiro atoms. The van der Waals surface area contributed by atoms with Gasteiger partial charge in [0.05, 0.1) is 0 Å². The normalized spacial score (nSPS) is 22.2. The van der Waals surface area contributed by atoms with Crippen LogP contribution in [0.2, 0.25) is 0 Å². The van der Waals surface area contributed by atoms with Crippen LogP contribution in [0.5, 0.6) is 0 Å². The minimum atomic E-state index is 0.375. The highest BCUT2D eigenvalue weighted by Crippen LogP contribution is 2.22. The Balaban J connectivity index is 2.18. The lowest BCUT2D eigenvalue weighted by molar-refractivity contribution is 0.194. The molecule has 1 N–H and O–H groups in total. The van der Waals surface area contributed by atoms with Crippen LogP contribution in [0, 0.1) is 11.3 Å². The molecule has 1 aliphatic heterocycles. The van der Waals surface area contributed by atoms with Gasteiger partial charge in [0.1, 0.15) is 0 Å². The molecule has 1 fully saturated rings. The summed E-state index contributed by atoms with van der Waals surface area (Å²) in [4.78, 5) is 2.69. The average molecular weight is 283 g/mol. The molecule has 1 saturated heterocycles. The Labute approximate surface area is 127 Å². The third-order valence-corrected chi connectivity index (χ3v) is 4.53. The Bertz CT molecular complexity index is 242. The summed E-state index contributed by atoms with van der Waals surface area (Å²) in [6.07, 6.45) is 8.35. The molecular weight excluding hydrogens is 244 g/mol. The molecule has 0 amide bonds. The molecule has 0 aromatic rings. The molecule has 0 aliphatic carbocycles. The summed E-state index contributed by atoms with van der Waals surface area (Å²) in [7, 11) is 0. The lowest BCUT2D eigenvalue weighted by atomic mass is 9.86. The summed E-state index contributed by atoms with van der Waals surface area (Å²) in [6.45, 7) is 16.7. The molecule has 20 heavy (non-hydrogen) atoms. The minimum absolute atomic E-state index is 0.375. The first-order valence-electron chi connectivity index (χ1n) is 8.85. The number of nitrogens with zero attached hydrogens (tertiary/aromatic N) is 1. The standard InChI is InChI=1S/C18H38N2/c1-16(2)11-8-6-7-9-13-20-14-10-12-19-17(15-20)18(3,4)5/h16-17,19H,6-15H2,1-5H3. The van der Waals surface area contributed by atoms with Gasteiger partial charge in [-0.15, -0.1) is 0 Å². The molecule has 1 rings (SSSR count). The maximum atomic E-state index is 3.73. The van der Waals surface area contributed by atoms with E-state index in [2.05, 4.69) is 44.8 Å². The zero-order valence-electron chi connectivity index (χ0n) is 14.7. The summed E-state index contributed by atoms with van der Waals surface area (Å²) in [6, 6.07) is 0.644. The van der Waals surface area contributed by atoms with Crippen molar-refractivity contribution in [3.05, 3.63) is 0 Å². The monoisotopic (exact) mass is 282 g/mol. The number of nitrogens with one attached hydrogen (secondary N) is 1. The van der Waals surface area contributed by atoms with E-state index >= 15 is 0 Å². The van der Waals surface area contributed by atoms with Gasteiger partial charge in [-0.3, -0.25) is 0 Å². The fourth-order valence-corrected chi connectivity index (χ4v) is 3.02. The van der Waals surface area contributed by atoms with Crippen LogP contribution >= 0.6 is 0 Å². The van der Waals surface area contributed by atoms with E-state index in [-0.39, 0.29) is 0 Å². The number of hydrogen-bond acceptors (Lipinski definition) is 2. The van der Waals surface area contributed by atoms with E-state index in [9.17, 15) is 0 Å². The molecule has 0 aromatic heterocycles. The molecule has 0 bridgehead atoms. The highest BCUT2D eigenvalue weighted by Gasteiger charge is 2.27. The van der Waals surface area contributed by atoms with Gasteiger partial charge in [0, 0.05) is 12.6 Å². The summed E-state index contributed by atoms with van der Waals surface area (Å²) in [5, 5.41) is 3.73. The topological polar surface area (TPSA) is 15.3 Å². The van der Waals surface area contributed by atoms with E-state index in [4.69, 9.17) is 0 Å². The molecule has 120 valence electrons. The highest BCUT2D eigenvalue weighted by molar-refractivity contribution is 4.85. The van der Waals surface area contributed by atoms with Crippen molar-refractivity contribution in [3.8, 4) is 0 Å². The van der Waals surface area contributed by atoms with Crippen molar-refractivity contribution in [2.75, 3.05) is 26.2 Å². The first-order valence-corrected chi connectivity index (χ1v) is 8.85. The molecule has 0 saturated carbocycles. The van der Waals surface area contributed by atoms with Crippen LogP contribution in [-0.4, -0.2) is 37.1 Å². The number of unbranched alkanes of at least 4 members (excludes halogenated alkanes) is 3.